The Morgan fingerprint density at radius 3 is 2.29 bits per heavy atom. The molecule has 63 heavy (non-hydrogen) atoms. The number of aliphatic hydroxyl groups excluding tert-OH is 3. The Bertz CT molecular complexity index is 1710. The number of hydrogen-bond donors (Lipinski definition) is 3. The molecule has 18 heteroatoms. The van der Waals surface area contributed by atoms with Crippen molar-refractivity contribution in [1.82, 2.24) is 29.8 Å². The molecule has 0 saturated carbocycles. The molecular weight excluding hydrogens is 817 g/mol. The second-order valence-electron chi connectivity index (χ2n) is 19.1. The van der Waals surface area contributed by atoms with Crippen molar-refractivity contribution >= 4 is 5.97 Å². The highest BCUT2D eigenvalue weighted by Crippen LogP contribution is 2.41. The van der Waals surface area contributed by atoms with E-state index in [-0.39, 0.29) is 43.6 Å². The van der Waals surface area contributed by atoms with E-state index in [1.54, 1.807) is 45.0 Å². The van der Waals surface area contributed by atoms with Crippen molar-refractivity contribution in [1.29, 1.82) is 0 Å². The quantitative estimate of drug-likeness (QED) is 0.263. The van der Waals surface area contributed by atoms with E-state index in [4.69, 9.17) is 37.9 Å². The van der Waals surface area contributed by atoms with Gasteiger partial charge in [0, 0.05) is 51.9 Å². The number of nitrogens with zero attached hydrogens (tertiary/aromatic N) is 6. The minimum Gasteiger partial charge on any atom is -0.458 e. The van der Waals surface area contributed by atoms with Crippen molar-refractivity contribution in [2.45, 2.75) is 160 Å². The van der Waals surface area contributed by atoms with Gasteiger partial charge in [0.15, 0.2) is 18.4 Å². The Kier molecular flexibility index (Phi) is 18.0. The third-order valence-electron chi connectivity index (χ3n) is 13.5. The molecule has 17 atom stereocenters. The van der Waals surface area contributed by atoms with E-state index in [9.17, 15) is 20.1 Å². The number of ether oxygens (including phenoxy) is 8. The molecule has 2 aromatic rings. The van der Waals surface area contributed by atoms with Gasteiger partial charge in [0.25, 0.3) is 0 Å². The molecule has 3 aliphatic rings. The van der Waals surface area contributed by atoms with Crippen LogP contribution in [0, 0.1) is 23.7 Å². The SMILES string of the molecule is CO[C@]1(C)C[C@@H](C)[C@H](O)[C@H](C)CN(C)C[C@@H](COCc2cn(-c3ccccn3)nn2)OC(=O)[C@H](C)[C@@H](O[C@H]2C[C@@](C)(OC)[C@@H](O)[C@H](C)O2)[C@H](C)[C@H]1O[C@@H]1O[C@H](C)C[C@H](N(C)C)[C@H]1O. The first-order chi connectivity index (χ1) is 29.7. The minimum absolute atomic E-state index is 0.0383. The monoisotopic (exact) mass is 893 g/mol. The lowest BCUT2D eigenvalue weighted by atomic mass is 9.75. The third-order valence-corrected chi connectivity index (χ3v) is 13.5. The van der Waals surface area contributed by atoms with Gasteiger partial charge in [0.2, 0.25) is 0 Å². The van der Waals surface area contributed by atoms with Crippen molar-refractivity contribution in [3.8, 4) is 5.82 Å². The van der Waals surface area contributed by atoms with Crippen LogP contribution in [-0.2, 0) is 49.3 Å². The second kappa shape index (κ2) is 22.2. The number of aliphatic hydroxyl groups is 3. The van der Waals surface area contributed by atoms with Crippen LogP contribution in [0.1, 0.15) is 80.3 Å². The van der Waals surface area contributed by atoms with Crippen molar-refractivity contribution < 1.29 is 58.0 Å². The number of cyclic esters (lactones) is 1. The molecule has 0 amide bonds. The zero-order valence-corrected chi connectivity index (χ0v) is 39.7. The van der Waals surface area contributed by atoms with Crippen LogP contribution in [0.15, 0.2) is 30.6 Å². The molecule has 2 aromatic heterocycles. The van der Waals surface area contributed by atoms with Crippen LogP contribution in [0.2, 0.25) is 0 Å². The maximum absolute atomic E-state index is 14.7. The van der Waals surface area contributed by atoms with E-state index < -0.39 is 84.3 Å². The average molecular weight is 893 g/mol. The van der Waals surface area contributed by atoms with Crippen LogP contribution in [0.3, 0.4) is 0 Å². The summed E-state index contributed by atoms with van der Waals surface area (Å²) in [6.45, 7) is 16.0. The Balaban J connectivity index is 1.51. The molecule has 3 saturated heterocycles. The Morgan fingerprint density at radius 1 is 0.921 bits per heavy atom. The van der Waals surface area contributed by atoms with E-state index in [2.05, 4.69) is 15.3 Å². The van der Waals surface area contributed by atoms with Crippen LogP contribution >= 0.6 is 0 Å². The molecule has 0 aliphatic carbocycles. The van der Waals surface area contributed by atoms with Crippen LogP contribution in [0.25, 0.3) is 5.82 Å². The number of rotatable bonds is 12. The number of methoxy groups -OCH3 is 2. The summed E-state index contributed by atoms with van der Waals surface area (Å²) in [5.41, 5.74) is -1.55. The molecule has 18 nitrogen and oxygen atoms in total. The average Bonchev–Trinajstić information content (AvgIpc) is 3.72. The first-order valence-corrected chi connectivity index (χ1v) is 22.4. The largest absolute Gasteiger partial charge is 0.458 e. The topological polar surface area (TPSA) is 202 Å². The Morgan fingerprint density at radius 2 is 1.63 bits per heavy atom. The van der Waals surface area contributed by atoms with Crippen LogP contribution in [0.5, 0.6) is 0 Å². The fourth-order valence-corrected chi connectivity index (χ4v) is 9.71. The van der Waals surface area contributed by atoms with E-state index >= 15 is 0 Å². The fourth-order valence-electron chi connectivity index (χ4n) is 9.71. The van der Waals surface area contributed by atoms with Crippen LogP contribution in [-0.4, -0.2) is 185 Å². The molecule has 5 rings (SSSR count). The predicted octanol–water partition coefficient (Wildman–Crippen LogP) is 2.83. The molecule has 5 heterocycles. The zero-order chi connectivity index (χ0) is 46.4. The van der Waals surface area contributed by atoms with Gasteiger partial charge < -0.3 is 63.0 Å². The van der Waals surface area contributed by atoms with Gasteiger partial charge in [0.05, 0.1) is 67.1 Å². The number of aromatic nitrogens is 4. The number of esters is 1. The molecule has 0 radical (unpaired) electrons. The third kappa shape index (κ3) is 12.6. The summed E-state index contributed by atoms with van der Waals surface area (Å²) in [4.78, 5) is 23.0. The summed E-state index contributed by atoms with van der Waals surface area (Å²) in [7, 11) is 8.89. The molecule has 0 aromatic carbocycles. The summed E-state index contributed by atoms with van der Waals surface area (Å²) in [6, 6.07) is 5.25. The summed E-state index contributed by atoms with van der Waals surface area (Å²) in [5, 5.41) is 43.2. The Hall–Kier alpha value is -2.72. The van der Waals surface area contributed by atoms with Crippen molar-refractivity contribution in [2.75, 3.05) is 55.1 Å². The standard InChI is InChI=1S/C45H76N6O12/c1-26-19-45(8,57-13)41(63-43-38(53)34(49(9)10)18-28(3)59-43)29(4)39(62-36-20-44(7,56-12)40(54)31(6)60-36)30(5)42(55)61-33(23-50(11)21-27(2)37(26)52)25-58-24-32-22-51(48-47-32)35-16-14-15-17-46-35/h14-17,22,26-31,33-34,36-41,43,52-54H,18-21,23-25H2,1-13H3/t26-,27-,28-,29+,30-,31+,33+,34+,36+,37+,38-,39+,40+,41-,43+,44-,45-/m1/s1. The maximum atomic E-state index is 14.7. The van der Waals surface area contributed by atoms with Gasteiger partial charge in [-0.3, -0.25) is 4.79 Å². The normalized spacial score (nSPS) is 40.6. The van der Waals surface area contributed by atoms with E-state index in [0.29, 0.717) is 37.4 Å². The lowest BCUT2D eigenvalue weighted by Crippen LogP contribution is -2.61. The number of carbonyl (C=O) groups is 1. The number of pyridine rings is 1. The molecule has 0 bridgehead atoms. The first-order valence-electron chi connectivity index (χ1n) is 22.4. The summed E-state index contributed by atoms with van der Waals surface area (Å²) >= 11 is 0. The van der Waals surface area contributed by atoms with Crippen LogP contribution < -0.4 is 0 Å². The van der Waals surface area contributed by atoms with E-state index in [1.807, 2.05) is 83.8 Å². The van der Waals surface area contributed by atoms with Gasteiger partial charge in [-0.1, -0.05) is 32.1 Å². The van der Waals surface area contributed by atoms with E-state index in [0.717, 1.165) is 0 Å². The molecule has 0 spiro atoms. The van der Waals surface area contributed by atoms with Gasteiger partial charge in [-0.25, -0.2) is 9.67 Å². The van der Waals surface area contributed by atoms with Gasteiger partial charge in [0.1, 0.15) is 24.0 Å². The van der Waals surface area contributed by atoms with Gasteiger partial charge in [-0.05, 0) is 92.6 Å². The number of carbonyl (C=O) groups excluding carboxylic acids is 1. The van der Waals surface area contributed by atoms with Crippen molar-refractivity contribution in [2.24, 2.45) is 23.7 Å². The molecule has 3 N–H and O–H groups in total. The minimum atomic E-state index is -1.11. The highest BCUT2D eigenvalue weighted by atomic mass is 16.7. The first kappa shape index (κ1) is 51.3. The second-order valence-corrected chi connectivity index (χ2v) is 19.1. The van der Waals surface area contributed by atoms with Gasteiger partial charge in [-0.2, -0.15) is 0 Å². The number of hydrogen-bond acceptors (Lipinski definition) is 17. The predicted molar refractivity (Wildman–Crippen MR) is 231 cm³/mol. The van der Waals surface area contributed by atoms with Gasteiger partial charge in [-0.15, -0.1) is 5.10 Å². The fraction of sp³-hybridized carbons (Fsp3) is 0.822. The lowest BCUT2D eigenvalue weighted by molar-refractivity contribution is -0.319. The molecule has 0 unspecified atom stereocenters. The van der Waals surface area contributed by atoms with E-state index in [1.165, 1.54) is 7.11 Å². The summed E-state index contributed by atoms with van der Waals surface area (Å²) in [5.74, 6) is -1.99. The lowest BCUT2D eigenvalue weighted by Gasteiger charge is -2.49. The highest BCUT2D eigenvalue weighted by molar-refractivity contribution is 5.73. The summed E-state index contributed by atoms with van der Waals surface area (Å²) in [6.07, 6.45) is -3.63. The molecule has 358 valence electrons. The van der Waals surface area contributed by atoms with Crippen molar-refractivity contribution in [3.05, 3.63) is 36.3 Å². The zero-order valence-electron chi connectivity index (χ0n) is 39.7. The smallest absolute Gasteiger partial charge is 0.311 e. The molecule has 3 fully saturated rings. The molecular formula is C45H76N6O12. The molecule has 3 aliphatic heterocycles. The summed E-state index contributed by atoms with van der Waals surface area (Å²) < 4.78 is 52.8. The highest BCUT2D eigenvalue weighted by Gasteiger charge is 2.52. The Labute approximate surface area is 373 Å². The van der Waals surface area contributed by atoms with Crippen molar-refractivity contribution in [3.63, 3.8) is 0 Å². The van der Waals surface area contributed by atoms with Crippen LogP contribution in [0.4, 0.5) is 0 Å². The number of likely N-dealkylation sites (N-methyl/N-ethyl adjacent to an activating group) is 2. The van der Waals surface area contributed by atoms with Gasteiger partial charge >= 0.3 is 5.97 Å². The maximum Gasteiger partial charge on any atom is 0.311 e.